The summed E-state index contributed by atoms with van der Waals surface area (Å²) >= 11 is 0. The number of allylic oxidation sites excluding steroid dienone is 6. The van der Waals surface area contributed by atoms with E-state index in [-0.39, 0.29) is 0 Å². The van der Waals surface area contributed by atoms with Crippen molar-refractivity contribution in [3.63, 3.8) is 0 Å². The minimum Gasteiger partial charge on any atom is -0.256 e. The van der Waals surface area contributed by atoms with Crippen LogP contribution in [0.15, 0.2) is 66.4 Å². The van der Waals surface area contributed by atoms with Crippen LogP contribution in [0.4, 0.5) is 0 Å². The highest BCUT2D eigenvalue weighted by molar-refractivity contribution is 5.92. The van der Waals surface area contributed by atoms with Crippen LogP contribution in [0, 0.1) is 11.8 Å². The number of aromatic nitrogens is 1. The molecule has 1 aromatic carbocycles. The van der Waals surface area contributed by atoms with Gasteiger partial charge < -0.3 is 0 Å². The molecule has 0 fully saturated rings. The van der Waals surface area contributed by atoms with Crippen LogP contribution < -0.4 is 0 Å². The molecule has 144 valence electrons. The normalized spacial score (nSPS) is 16.9. The summed E-state index contributed by atoms with van der Waals surface area (Å²) in [6, 6.07) is 10.6. The Morgan fingerprint density at radius 2 is 1.81 bits per heavy atom. The van der Waals surface area contributed by atoms with Gasteiger partial charge in [0.25, 0.3) is 0 Å². The Labute approximate surface area is 165 Å². The molecule has 0 spiro atoms. The molecule has 0 saturated heterocycles. The molecule has 2 aromatic rings. The molecule has 1 heterocycles. The van der Waals surface area contributed by atoms with E-state index in [1.807, 2.05) is 6.20 Å². The Bertz CT molecular complexity index is 803. The first kappa shape index (κ1) is 21.2. The molecule has 27 heavy (non-hydrogen) atoms. The molecule has 1 aliphatic carbocycles. The fourth-order valence-corrected chi connectivity index (χ4v) is 3.19. The minimum absolute atomic E-state index is 0.533. The van der Waals surface area contributed by atoms with Crippen molar-refractivity contribution in [3.05, 3.63) is 72.1 Å². The van der Waals surface area contributed by atoms with E-state index < -0.39 is 0 Å². The first-order valence-electron chi connectivity index (χ1n) is 10.4. The molecule has 0 saturated carbocycles. The van der Waals surface area contributed by atoms with Gasteiger partial charge in [0.05, 0.1) is 5.69 Å². The molecule has 0 radical (unpaired) electrons. The van der Waals surface area contributed by atoms with E-state index in [2.05, 4.69) is 89.3 Å². The quantitative estimate of drug-likeness (QED) is 0.492. The van der Waals surface area contributed by atoms with Crippen molar-refractivity contribution in [2.24, 2.45) is 11.8 Å². The Balaban J connectivity index is 0.000000465. The van der Waals surface area contributed by atoms with Gasteiger partial charge in [-0.2, -0.15) is 0 Å². The lowest BCUT2D eigenvalue weighted by atomic mass is 9.82. The second-order valence-electron chi connectivity index (χ2n) is 7.83. The number of nitrogens with zero attached hydrogens (tertiary/aromatic N) is 1. The van der Waals surface area contributed by atoms with Gasteiger partial charge >= 0.3 is 0 Å². The largest absolute Gasteiger partial charge is 0.256 e. The lowest BCUT2D eigenvalue weighted by Crippen LogP contribution is -2.08. The standard InChI is InChI=1S/C21H23N.C5H12/c1-3-4-5-9-18-15-16(2)11-12-20(18)21-19-10-7-6-8-17(19)13-14-22-21;1-4-5(2)3/h4-8,10-14,18H,3,9,15H2,1-2H3;5H,4H2,1-3H3. The van der Waals surface area contributed by atoms with E-state index in [0.717, 1.165) is 30.9 Å². The zero-order valence-corrected chi connectivity index (χ0v) is 17.7. The number of benzene rings is 1. The lowest BCUT2D eigenvalue weighted by Gasteiger charge is -2.23. The van der Waals surface area contributed by atoms with Crippen molar-refractivity contribution < 1.29 is 0 Å². The highest BCUT2D eigenvalue weighted by atomic mass is 14.7. The van der Waals surface area contributed by atoms with Crippen molar-refractivity contribution in [1.82, 2.24) is 4.98 Å². The second kappa shape index (κ2) is 10.9. The maximum Gasteiger partial charge on any atom is 0.0742 e. The van der Waals surface area contributed by atoms with Crippen LogP contribution >= 0.6 is 0 Å². The first-order valence-corrected chi connectivity index (χ1v) is 10.4. The van der Waals surface area contributed by atoms with Gasteiger partial charge in [0.1, 0.15) is 0 Å². The summed E-state index contributed by atoms with van der Waals surface area (Å²) in [4.78, 5) is 4.71. The van der Waals surface area contributed by atoms with Crippen LogP contribution in [-0.4, -0.2) is 4.98 Å². The third-order valence-corrected chi connectivity index (χ3v) is 5.14. The van der Waals surface area contributed by atoms with Crippen molar-refractivity contribution in [1.29, 1.82) is 0 Å². The summed E-state index contributed by atoms with van der Waals surface area (Å²) in [5.74, 6) is 1.42. The molecule has 1 aliphatic rings. The molecule has 1 heteroatoms. The maximum absolute atomic E-state index is 4.71. The summed E-state index contributed by atoms with van der Waals surface area (Å²) in [6.07, 6.45) is 15.7. The third kappa shape index (κ3) is 6.20. The number of rotatable bonds is 5. The van der Waals surface area contributed by atoms with E-state index in [0.29, 0.717) is 5.92 Å². The van der Waals surface area contributed by atoms with Crippen LogP contribution in [-0.2, 0) is 0 Å². The van der Waals surface area contributed by atoms with Crippen LogP contribution in [0.1, 0.15) is 66.0 Å². The van der Waals surface area contributed by atoms with Gasteiger partial charge in [0.2, 0.25) is 0 Å². The third-order valence-electron chi connectivity index (χ3n) is 5.14. The van der Waals surface area contributed by atoms with E-state index >= 15 is 0 Å². The fourth-order valence-electron chi connectivity index (χ4n) is 3.19. The molecular weight excluding hydrogens is 326 g/mol. The molecule has 0 bridgehead atoms. The molecule has 0 N–H and O–H groups in total. The molecular formula is C26H35N. The van der Waals surface area contributed by atoms with Gasteiger partial charge in [-0.05, 0) is 55.0 Å². The minimum atomic E-state index is 0.533. The SMILES string of the molecule is CCC(C)C.CCC=CCC1CC(C)=CC=C1c1nccc2ccccc12. The van der Waals surface area contributed by atoms with Gasteiger partial charge in [-0.15, -0.1) is 0 Å². The van der Waals surface area contributed by atoms with E-state index in [1.165, 1.54) is 28.3 Å². The van der Waals surface area contributed by atoms with E-state index in [1.54, 1.807) is 0 Å². The zero-order valence-electron chi connectivity index (χ0n) is 17.7. The van der Waals surface area contributed by atoms with Crippen LogP contribution in [0.25, 0.3) is 16.3 Å². The average Bonchev–Trinajstić information content (AvgIpc) is 2.68. The van der Waals surface area contributed by atoms with Crippen LogP contribution in [0.2, 0.25) is 0 Å². The summed E-state index contributed by atoms with van der Waals surface area (Å²) in [5.41, 5.74) is 3.98. The van der Waals surface area contributed by atoms with Crippen LogP contribution in [0.3, 0.4) is 0 Å². The molecule has 1 nitrogen and oxygen atoms in total. The first-order chi connectivity index (χ1) is 13.1. The van der Waals surface area contributed by atoms with Gasteiger partial charge in [-0.3, -0.25) is 4.98 Å². The van der Waals surface area contributed by atoms with E-state index in [9.17, 15) is 0 Å². The maximum atomic E-state index is 4.71. The van der Waals surface area contributed by atoms with Gasteiger partial charge in [0.15, 0.2) is 0 Å². The number of pyridine rings is 1. The summed E-state index contributed by atoms with van der Waals surface area (Å²) in [5, 5.41) is 2.52. The van der Waals surface area contributed by atoms with Crippen molar-refractivity contribution >= 4 is 16.3 Å². The number of hydrogen-bond donors (Lipinski definition) is 0. The predicted octanol–water partition coefficient (Wildman–Crippen LogP) is 7.99. The summed E-state index contributed by atoms with van der Waals surface area (Å²) in [6.45, 7) is 11.1. The van der Waals surface area contributed by atoms with E-state index in [4.69, 9.17) is 4.98 Å². The van der Waals surface area contributed by atoms with Gasteiger partial charge in [0, 0.05) is 11.6 Å². The Kier molecular flexibility index (Phi) is 8.51. The Morgan fingerprint density at radius 1 is 1.07 bits per heavy atom. The molecule has 0 aliphatic heterocycles. The zero-order chi connectivity index (χ0) is 19.6. The summed E-state index contributed by atoms with van der Waals surface area (Å²) < 4.78 is 0. The molecule has 1 atom stereocenters. The Hall–Kier alpha value is -2.15. The topological polar surface area (TPSA) is 12.9 Å². The highest BCUT2D eigenvalue weighted by Crippen LogP contribution is 2.36. The predicted molar refractivity (Wildman–Crippen MR) is 121 cm³/mol. The fraction of sp³-hybridized carbons (Fsp3) is 0.423. The second-order valence-corrected chi connectivity index (χ2v) is 7.83. The molecule has 3 rings (SSSR count). The monoisotopic (exact) mass is 361 g/mol. The lowest BCUT2D eigenvalue weighted by molar-refractivity contribution is 0.626. The van der Waals surface area contributed by atoms with Crippen molar-refractivity contribution in [2.75, 3.05) is 0 Å². The molecule has 1 aromatic heterocycles. The Morgan fingerprint density at radius 3 is 2.52 bits per heavy atom. The van der Waals surface area contributed by atoms with Gasteiger partial charge in [-0.1, -0.05) is 88.3 Å². The van der Waals surface area contributed by atoms with Crippen molar-refractivity contribution in [3.8, 4) is 0 Å². The number of fused-ring (bicyclic) bond motifs is 1. The van der Waals surface area contributed by atoms with Crippen LogP contribution in [0.5, 0.6) is 0 Å². The molecule has 1 unspecified atom stereocenters. The number of hydrogen-bond acceptors (Lipinski definition) is 1. The van der Waals surface area contributed by atoms with Crippen molar-refractivity contribution in [2.45, 2.75) is 60.3 Å². The molecule has 0 amide bonds. The average molecular weight is 362 g/mol. The van der Waals surface area contributed by atoms with Gasteiger partial charge in [-0.25, -0.2) is 0 Å². The summed E-state index contributed by atoms with van der Waals surface area (Å²) in [7, 11) is 0. The smallest absolute Gasteiger partial charge is 0.0742 e. The highest BCUT2D eigenvalue weighted by Gasteiger charge is 2.20.